The van der Waals surface area contributed by atoms with Crippen LogP contribution in [0.1, 0.15) is 53.0 Å². The summed E-state index contributed by atoms with van der Waals surface area (Å²) in [5.74, 6) is -1.79. The molecule has 36 heavy (non-hydrogen) atoms. The fraction of sp³-hybridized carbons (Fsp3) is 0.423. The number of nitrogens with one attached hydrogen (secondary N) is 2. The van der Waals surface area contributed by atoms with Gasteiger partial charge in [-0.15, -0.1) is 0 Å². The molecular weight excluding hydrogens is 478 g/mol. The van der Waals surface area contributed by atoms with Gasteiger partial charge >= 0.3 is 6.18 Å². The van der Waals surface area contributed by atoms with E-state index in [0.29, 0.717) is 19.4 Å². The number of carbonyl (C=O) groups is 3. The molecule has 194 valence electrons. The van der Waals surface area contributed by atoms with E-state index in [1.165, 1.54) is 17.0 Å². The van der Waals surface area contributed by atoms with Crippen molar-refractivity contribution in [3.63, 3.8) is 0 Å². The summed E-state index contributed by atoms with van der Waals surface area (Å²) in [6, 6.07) is 8.19. The zero-order valence-corrected chi connectivity index (χ0v) is 20.1. The van der Waals surface area contributed by atoms with E-state index in [9.17, 15) is 31.9 Å². The molecule has 0 bridgehead atoms. The smallest absolute Gasteiger partial charge is 0.354 e. The molecule has 6 nitrogen and oxygen atoms in total. The molecule has 1 saturated heterocycles. The first-order chi connectivity index (χ1) is 17.0. The van der Waals surface area contributed by atoms with Gasteiger partial charge in [0.25, 0.3) is 11.8 Å². The van der Waals surface area contributed by atoms with Crippen LogP contribution in [0.15, 0.2) is 48.5 Å². The molecule has 3 rings (SSSR count). The van der Waals surface area contributed by atoms with E-state index in [1.54, 1.807) is 0 Å². The first-order valence-corrected chi connectivity index (χ1v) is 11.8. The molecule has 10 heteroatoms. The summed E-state index contributed by atoms with van der Waals surface area (Å²) in [6.07, 6.45) is -3.66. The lowest BCUT2D eigenvalue weighted by Crippen LogP contribution is -2.54. The Morgan fingerprint density at radius 3 is 2.03 bits per heavy atom. The molecular formula is C26H29F4N3O3. The Morgan fingerprint density at radius 1 is 0.944 bits per heavy atom. The maximum Gasteiger partial charge on any atom is 0.416 e. The van der Waals surface area contributed by atoms with Crippen LogP contribution < -0.4 is 10.6 Å². The molecule has 0 saturated carbocycles. The monoisotopic (exact) mass is 507 g/mol. The van der Waals surface area contributed by atoms with E-state index < -0.39 is 35.4 Å². The molecule has 1 atom stereocenters. The van der Waals surface area contributed by atoms with Gasteiger partial charge in [-0.3, -0.25) is 14.4 Å². The summed E-state index contributed by atoms with van der Waals surface area (Å²) in [7, 11) is 0. The van der Waals surface area contributed by atoms with Gasteiger partial charge in [0, 0.05) is 30.8 Å². The fourth-order valence-electron chi connectivity index (χ4n) is 4.06. The van der Waals surface area contributed by atoms with Crippen molar-refractivity contribution >= 4 is 17.7 Å². The van der Waals surface area contributed by atoms with Gasteiger partial charge in [0.15, 0.2) is 0 Å². The second kappa shape index (κ2) is 11.5. The summed E-state index contributed by atoms with van der Waals surface area (Å²) >= 11 is 0. The third-order valence-corrected chi connectivity index (χ3v) is 6.12. The van der Waals surface area contributed by atoms with Crippen LogP contribution in [0.4, 0.5) is 17.6 Å². The van der Waals surface area contributed by atoms with E-state index in [1.807, 2.05) is 13.8 Å². The van der Waals surface area contributed by atoms with E-state index in [2.05, 4.69) is 10.6 Å². The van der Waals surface area contributed by atoms with Gasteiger partial charge in [0.2, 0.25) is 5.91 Å². The van der Waals surface area contributed by atoms with Crippen LogP contribution in [0.25, 0.3) is 0 Å². The molecule has 0 aliphatic carbocycles. The molecule has 0 aromatic heterocycles. The van der Waals surface area contributed by atoms with E-state index in [4.69, 9.17) is 0 Å². The number of benzene rings is 2. The molecule has 3 amide bonds. The van der Waals surface area contributed by atoms with Gasteiger partial charge < -0.3 is 15.5 Å². The molecule has 1 fully saturated rings. The SMILES string of the molecule is CC(C)CNC(=O)[C@H](NC(=O)c1ccc(F)cc1)C1CCN(C(=O)c2ccc(C(F)(F)F)cc2)CC1. The van der Waals surface area contributed by atoms with E-state index in [0.717, 1.165) is 36.4 Å². The van der Waals surface area contributed by atoms with E-state index >= 15 is 0 Å². The predicted octanol–water partition coefficient (Wildman–Crippen LogP) is 4.27. The number of likely N-dealkylation sites (tertiary alicyclic amines) is 1. The van der Waals surface area contributed by atoms with Crippen LogP contribution in [0, 0.1) is 17.7 Å². The predicted molar refractivity (Wildman–Crippen MR) is 126 cm³/mol. The lowest BCUT2D eigenvalue weighted by atomic mass is 9.88. The number of hydrogen-bond donors (Lipinski definition) is 2. The minimum absolute atomic E-state index is 0.150. The molecule has 0 spiro atoms. The standard InChI is InChI=1S/C26H29F4N3O3/c1-16(2)15-31-24(35)22(32-23(34)18-5-9-21(27)10-6-18)17-11-13-33(14-12-17)25(36)19-3-7-20(8-4-19)26(28,29)30/h3-10,16-17,22H,11-15H2,1-2H3,(H,31,35)(H,32,34)/t22-/m1/s1. The first kappa shape index (κ1) is 27.2. The fourth-order valence-corrected chi connectivity index (χ4v) is 4.06. The van der Waals surface area contributed by atoms with Crippen molar-refractivity contribution in [2.75, 3.05) is 19.6 Å². The summed E-state index contributed by atoms with van der Waals surface area (Å²) < 4.78 is 51.6. The number of piperidine rings is 1. The molecule has 1 aliphatic heterocycles. The van der Waals surface area contributed by atoms with Gasteiger partial charge in [-0.05, 0) is 73.2 Å². The number of nitrogens with zero attached hydrogens (tertiary/aromatic N) is 1. The summed E-state index contributed by atoms with van der Waals surface area (Å²) in [5.41, 5.74) is -0.463. The van der Waals surface area contributed by atoms with Crippen LogP contribution in [0.5, 0.6) is 0 Å². The molecule has 0 unspecified atom stereocenters. The highest BCUT2D eigenvalue weighted by atomic mass is 19.4. The number of hydrogen-bond acceptors (Lipinski definition) is 3. The summed E-state index contributed by atoms with van der Waals surface area (Å²) in [4.78, 5) is 40.0. The highest BCUT2D eigenvalue weighted by Gasteiger charge is 2.35. The lowest BCUT2D eigenvalue weighted by molar-refractivity contribution is -0.137. The quantitative estimate of drug-likeness (QED) is 0.550. The Balaban J connectivity index is 1.67. The minimum atomic E-state index is -4.48. The van der Waals surface area contributed by atoms with Gasteiger partial charge in [-0.1, -0.05) is 13.8 Å². The van der Waals surface area contributed by atoms with Crippen molar-refractivity contribution in [2.24, 2.45) is 11.8 Å². The number of rotatable bonds is 7. The summed E-state index contributed by atoms with van der Waals surface area (Å²) in [6.45, 7) is 4.87. The number of halogens is 4. The molecule has 1 aliphatic rings. The molecule has 0 radical (unpaired) electrons. The van der Waals surface area contributed by atoms with Crippen molar-refractivity contribution in [2.45, 2.75) is 38.9 Å². The Labute approximate surface area is 207 Å². The topological polar surface area (TPSA) is 78.5 Å². The number of carbonyl (C=O) groups excluding carboxylic acids is 3. The van der Waals surface area contributed by atoms with Crippen molar-refractivity contribution in [1.82, 2.24) is 15.5 Å². The normalized spacial score (nSPS) is 15.5. The van der Waals surface area contributed by atoms with Crippen LogP contribution in [-0.2, 0) is 11.0 Å². The van der Waals surface area contributed by atoms with Crippen LogP contribution in [-0.4, -0.2) is 48.3 Å². The third kappa shape index (κ3) is 7.05. The second-order valence-corrected chi connectivity index (χ2v) is 9.30. The molecule has 2 N–H and O–H groups in total. The zero-order chi connectivity index (χ0) is 26.5. The summed E-state index contributed by atoms with van der Waals surface area (Å²) in [5, 5.41) is 5.60. The number of alkyl halides is 3. The van der Waals surface area contributed by atoms with Gasteiger partial charge in [-0.25, -0.2) is 4.39 Å². The maximum absolute atomic E-state index is 13.2. The Bertz CT molecular complexity index is 1060. The van der Waals surface area contributed by atoms with Gasteiger partial charge in [-0.2, -0.15) is 13.2 Å². The van der Waals surface area contributed by atoms with Gasteiger partial charge in [0.1, 0.15) is 11.9 Å². The van der Waals surface area contributed by atoms with Crippen molar-refractivity contribution < 1.29 is 31.9 Å². The second-order valence-electron chi connectivity index (χ2n) is 9.30. The molecule has 1 heterocycles. The van der Waals surface area contributed by atoms with Crippen molar-refractivity contribution in [1.29, 1.82) is 0 Å². The lowest BCUT2D eigenvalue weighted by Gasteiger charge is -2.36. The Kier molecular flexibility index (Phi) is 8.70. The zero-order valence-electron chi connectivity index (χ0n) is 20.1. The van der Waals surface area contributed by atoms with Crippen LogP contribution in [0.2, 0.25) is 0 Å². The Morgan fingerprint density at radius 2 is 1.50 bits per heavy atom. The van der Waals surface area contributed by atoms with Crippen LogP contribution >= 0.6 is 0 Å². The van der Waals surface area contributed by atoms with Crippen molar-refractivity contribution in [3.8, 4) is 0 Å². The molecule has 2 aromatic carbocycles. The van der Waals surface area contributed by atoms with E-state index in [-0.39, 0.29) is 42.0 Å². The average Bonchev–Trinajstić information content (AvgIpc) is 2.85. The van der Waals surface area contributed by atoms with Gasteiger partial charge in [0.05, 0.1) is 5.56 Å². The number of amides is 3. The third-order valence-electron chi connectivity index (χ3n) is 6.12. The van der Waals surface area contributed by atoms with Crippen molar-refractivity contribution in [3.05, 3.63) is 71.0 Å². The average molecular weight is 508 g/mol. The maximum atomic E-state index is 13.2. The Hall–Kier alpha value is -3.43. The highest BCUT2D eigenvalue weighted by molar-refractivity contribution is 5.97. The minimum Gasteiger partial charge on any atom is -0.354 e. The molecule has 2 aromatic rings. The van der Waals surface area contributed by atoms with Crippen LogP contribution in [0.3, 0.4) is 0 Å². The first-order valence-electron chi connectivity index (χ1n) is 11.8. The largest absolute Gasteiger partial charge is 0.416 e. The highest BCUT2D eigenvalue weighted by Crippen LogP contribution is 2.29.